The number of fused-ring (bicyclic) bond motifs is 1. The predicted molar refractivity (Wildman–Crippen MR) is 83.4 cm³/mol. The normalized spacial score (nSPS) is 23.4. The average molecular weight is 299 g/mol. The molecule has 1 saturated carbocycles. The summed E-state index contributed by atoms with van der Waals surface area (Å²) in [5.74, 6) is 0.0341. The van der Waals surface area contributed by atoms with Crippen LogP contribution in [0.2, 0.25) is 0 Å². The Balaban J connectivity index is 1.39. The van der Waals surface area contributed by atoms with Crippen LogP contribution in [0.3, 0.4) is 0 Å². The van der Waals surface area contributed by atoms with Gasteiger partial charge in [0, 0.05) is 0 Å². The highest BCUT2D eigenvalue weighted by molar-refractivity contribution is 5.80. The number of nitrogens with zero attached hydrogens (tertiary/aromatic N) is 2. The Kier molecular flexibility index (Phi) is 3.37. The summed E-state index contributed by atoms with van der Waals surface area (Å²) in [6, 6.07) is 8.02. The summed E-state index contributed by atoms with van der Waals surface area (Å²) in [4.78, 5) is 16.6. The van der Waals surface area contributed by atoms with Crippen molar-refractivity contribution in [2.45, 2.75) is 50.3 Å². The summed E-state index contributed by atoms with van der Waals surface area (Å²) in [6.07, 6.45) is 7.48. The highest BCUT2D eigenvalue weighted by atomic mass is 16.5. The second kappa shape index (κ2) is 5.39. The van der Waals surface area contributed by atoms with E-state index in [4.69, 9.17) is 4.74 Å². The van der Waals surface area contributed by atoms with Crippen molar-refractivity contribution in [2.24, 2.45) is 0 Å². The Morgan fingerprint density at radius 1 is 1.36 bits per heavy atom. The molecule has 1 aromatic carbocycles. The summed E-state index contributed by atoms with van der Waals surface area (Å²) < 4.78 is 7.88. The molecule has 2 aromatic rings. The van der Waals surface area contributed by atoms with Crippen molar-refractivity contribution in [2.75, 3.05) is 6.61 Å². The number of carbonyl (C=O) groups excluding carboxylic acids is 1. The van der Waals surface area contributed by atoms with Gasteiger partial charge in [0.05, 0.1) is 35.6 Å². The van der Waals surface area contributed by atoms with E-state index in [1.54, 1.807) is 6.33 Å². The number of para-hydroxylation sites is 2. The second-order valence-electron chi connectivity index (χ2n) is 6.53. The first kappa shape index (κ1) is 13.8. The number of benzene rings is 1. The maximum atomic E-state index is 12.3. The highest BCUT2D eigenvalue weighted by Crippen LogP contribution is 2.40. The Bertz CT molecular complexity index is 688. The minimum Gasteiger partial charge on any atom is -0.373 e. The van der Waals surface area contributed by atoms with Crippen molar-refractivity contribution in [1.29, 1.82) is 0 Å². The number of ether oxygens (including phenoxy) is 1. The second-order valence-corrected chi connectivity index (χ2v) is 6.53. The van der Waals surface area contributed by atoms with Crippen LogP contribution in [0.4, 0.5) is 0 Å². The molecule has 1 unspecified atom stereocenters. The molecule has 2 aliphatic rings. The van der Waals surface area contributed by atoms with Crippen molar-refractivity contribution < 1.29 is 9.53 Å². The third-order valence-electron chi connectivity index (χ3n) is 4.93. The lowest BCUT2D eigenvalue weighted by Gasteiger charge is -2.21. The topological polar surface area (TPSA) is 56.2 Å². The molecule has 1 aromatic heterocycles. The van der Waals surface area contributed by atoms with Gasteiger partial charge in [0.2, 0.25) is 5.91 Å². The fraction of sp³-hybridized carbons (Fsp3) is 0.529. The average Bonchev–Trinajstić information content (AvgIpc) is 3.23. The number of amides is 1. The number of hydrogen-bond donors (Lipinski definition) is 1. The molecule has 1 aliphatic heterocycles. The summed E-state index contributed by atoms with van der Waals surface area (Å²) in [6.45, 7) is 0.959. The molecule has 1 N–H and O–H groups in total. The molecule has 22 heavy (non-hydrogen) atoms. The van der Waals surface area contributed by atoms with E-state index in [2.05, 4.69) is 10.3 Å². The molecule has 5 nitrogen and oxygen atoms in total. The quantitative estimate of drug-likeness (QED) is 0.946. The Morgan fingerprint density at radius 3 is 3.05 bits per heavy atom. The summed E-state index contributed by atoms with van der Waals surface area (Å²) in [5, 5.41) is 3.12. The lowest BCUT2D eigenvalue weighted by atomic mass is 9.96. The predicted octanol–water partition coefficient (Wildman–Crippen LogP) is 2.25. The summed E-state index contributed by atoms with van der Waals surface area (Å²) in [7, 11) is 0. The van der Waals surface area contributed by atoms with Crippen LogP contribution in [0.5, 0.6) is 0 Å². The van der Waals surface area contributed by atoms with Gasteiger partial charge in [-0.1, -0.05) is 25.0 Å². The van der Waals surface area contributed by atoms with E-state index in [0.29, 0.717) is 13.2 Å². The number of rotatable bonds is 3. The molecule has 1 aliphatic carbocycles. The molecule has 4 rings (SSSR count). The van der Waals surface area contributed by atoms with Gasteiger partial charge in [0.25, 0.3) is 0 Å². The van der Waals surface area contributed by atoms with Crippen molar-refractivity contribution >= 4 is 16.9 Å². The number of imidazole rings is 1. The molecular formula is C17H21N3O2. The van der Waals surface area contributed by atoms with E-state index in [1.165, 1.54) is 12.8 Å². The van der Waals surface area contributed by atoms with Gasteiger partial charge >= 0.3 is 0 Å². The van der Waals surface area contributed by atoms with Crippen LogP contribution in [0.25, 0.3) is 11.0 Å². The van der Waals surface area contributed by atoms with Crippen LogP contribution in [0, 0.1) is 0 Å². The van der Waals surface area contributed by atoms with Gasteiger partial charge in [-0.2, -0.15) is 0 Å². The van der Waals surface area contributed by atoms with Crippen LogP contribution in [0.1, 0.15) is 32.1 Å². The summed E-state index contributed by atoms with van der Waals surface area (Å²) in [5.41, 5.74) is 1.97. The van der Waals surface area contributed by atoms with Gasteiger partial charge in [0.15, 0.2) is 0 Å². The zero-order valence-electron chi connectivity index (χ0n) is 12.6. The molecular weight excluding hydrogens is 278 g/mol. The van der Waals surface area contributed by atoms with E-state index < -0.39 is 0 Å². The zero-order valence-corrected chi connectivity index (χ0v) is 12.6. The van der Waals surface area contributed by atoms with Crippen LogP contribution < -0.4 is 5.32 Å². The largest absolute Gasteiger partial charge is 0.373 e. The Labute approximate surface area is 129 Å². The number of carbonyl (C=O) groups is 1. The van der Waals surface area contributed by atoms with E-state index in [0.717, 1.165) is 30.3 Å². The van der Waals surface area contributed by atoms with Gasteiger partial charge in [-0.15, -0.1) is 0 Å². The van der Waals surface area contributed by atoms with Crippen molar-refractivity contribution in [1.82, 2.24) is 14.9 Å². The number of hydrogen-bond acceptors (Lipinski definition) is 3. The van der Waals surface area contributed by atoms with Gasteiger partial charge in [0.1, 0.15) is 6.54 Å². The molecule has 1 amide bonds. The first-order valence-electron chi connectivity index (χ1n) is 8.07. The monoisotopic (exact) mass is 299 g/mol. The van der Waals surface area contributed by atoms with E-state index >= 15 is 0 Å². The minimum atomic E-state index is 0.0341. The fourth-order valence-corrected chi connectivity index (χ4v) is 3.87. The molecule has 1 saturated heterocycles. The van der Waals surface area contributed by atoms with E-state index in [1.807, 2.05) is 28.8 Å². The third kappa shape index (κ3) is 2.50. The van der Waals surface area contributed by atoms with Crippen molar-refractivity contribution in [3.8, 4) is 0 Å². The minimum absolute atomic E-state index is 0.0341. The van der Waals surface area contributed by atoms with Crippen LogP contribution >= 0.6 is 0 Å². The number of aromatic nitrogens is 2. The molecule has 2 heterocycles. The zero-order chi connectivity index (χ0) is 15.0. The van der Waals surface area contributed by atoms with Gasteiger partial charge in [-0.3, -0.25) is 4.79 Å². The molecule has 116 valence electrons. The van der Waals surface area contributed by atoms with Crippen LogP contribution in [0.15, 0.2) is 30.6 Å². The summed E-state index contributed by atoms with van der Waals surface area (Å²) >= 11 is 0. The third-order valence-corrected chi connectivity index (χ3v) is 4.93. The van der Waals surface area contributed by atoms with Gasteiger partial charge in [-0.25, -0.2) is 4.98 Å². The fourth-order valence-electron chi connectivity index (χ4n) is 3.87. The smallest absolute Gasteiger partial charge is 0.240 e. The van der Waals surface area contributed by atoms with Crippen LogP contribution in [-0.4, -0.2) is 33.7 Å². The van der Waals surface area contributed by atoms with Crippen molar-refractivity contribution in [3.05, 3.63) is 30.6 Å². The van der Waals surface area contributed by atoms with Crippen LogP contribution in [-0.2, 0) is 16.1 Å². The SMILES string of the molecule is O=C(Cn1cnc2ccccc21)NC1COC2(CCCC2)C1. The molecule has 1 spiro atoms. The first-order chi connectivity index (χ1) is 10.7. The molecule has 5 heteroatoms. The lowest BCUT2D eigenvalue weighted by molar-refractivity contribution is -0.122. The highest BCUT2D eigenvalue weighted by Gasteiger charge is 2.42. The lowest BCUT2D eigenvalue weighted by Crippen LogP contribution is -2.38. The molecule has 0 radical (unpaired) electrons. The Morgan fingerprint density at radius 2 is 2.18 bits per heavy atom. The van der Waals surface area contributed by atoms with Gasteiger partial charge < -0.3 is 14.6 Å². The standard InChI is InChI=1S/C17H21N3O2/c21-16(10-20-12-18-14-5-1-2-6-15(14)20)19-13-9-17(22-11-13)7-3-4-8-17/h1-2,5-6,12-13H,3-4,7-11H2,(H,19,21). The molecule has 2 fully saturated rings. The maximum absolute atomic E-state index is 12.3. The molecule has 1 atom stereocenters. The van der Waals surface area contributed by atoms with E-state index in [-0.39, 0.29) is 17.6 Å². The van der Waals surface area contributed by atoms with E-state index in [9.17, 15) is 4.79 Å². The van der Waals surface area contributed by atoms with Gasteiger partial charge in [-0.05, 0) is 31.4 Å². The molecule has 0 bridgehead atoms. The van der Waals surface area contributed by atoms with Crippen molar-refractivity contribution in [3.63, 3.8) is 0 Å². The Hall–Kier alpha value is -1.88. The number of nitrogens with one attached hydrogen (secondary N) is 1. The first-order valence-corrected chi connectivity index (χ1v) is 8.07. The maximum Gasteiger partial charge on any atom is 0.240 e.